The highest BCUT2D eigenvalue weighted by Crippen LogP contribution is 2.37. The van der Waals surface area contributed by atoms with Crippen LogP contribution in [-0.2, 0) is 7.05 Å². The third-order valence-corrected chi connectivity index (χ3v) is 6.85. The molecule has 5 nitrogen and oxygen atoms in total. The maximum Gasteiger partial charge on any atom is 0.204 e. The van der Waals surface area contributed by atoms with E-state index < -0.39 is 0 Å². The molecule has 0 atom stereocenters. The van der Waals surface area contributed by atoms with Crippen molar-refractivity contribution in [3.63, 3.8) is 0 Å². The van der Waals surface area contributed by atoms with Gasteiger partial charge in [-0.3, -0.25) is 0 Å². The monoisotopic (exact) mass is 477 g/mol. The molecule has 0 saturated heterocycles. The molecule has 2 heterocycles. The van der Waals surface area contributed by atoms with Crippen molar-refractivity contribution >= 4 is 21.8 Å². The molecule has 37 heavy (non-hydrogen) atoms. The highest BCUT2D eigenvalue weighted by Gasteiger charge is 2.16. The summed E-state index contributed by atoms with van der Waals surface area (Å²) in [6.07, 6.45) is 0. The number of aryl methyl sites for hydroxylation is 1. The molecule has 0 N–H and O–H groups in total. The second kappa shape index (κ2) is 8.57. The van der Waals surface area contributed by atoms with Crippen LogP contribution in [0.3, 0.4) is 0 Å². The minimum Gasteiger partial charge on any atom is -0.309 e. The number of nitrogens with zero attached hydrogens (tertiary/aromatic N) is 5. The quantitative estimate of drug-likeness (QED) is 0.267. The Morgan fingerprint density at radius 2 is 1.08 bits per heavy atom. The predicted octanol–water partition coefficient (Wildman–Crippen LogP) is 7.31. The molecule has 0 radical (unpaired) electrons. The molecular weight excluding hydrogens is 454 g/mol. The molecule has 0 saturated carbocycles. The number of hydrogen-bond acceptors (Lipinski definition) is 3. The summed E-state index contributed by atoms with van der Waals surface area (Å²) in [6, 6.07) is 42.9. The van der Waals surface area contributed by atoms with Gasteiger partial charge < -0.3 is 4.57 Å². The van der Waals surface area contributed by atoms with Crippen molar-refractivity contribution < 1.29 is 0 Å². The van der Waals surface area contributed by atoms with Crippen LogP contribution in [0.1, 0.15) is 0 Å². The minimum absolute atomic E-state index is 0.614. The highest BCUT2D eigenvalue weighted by molar-refractivity contribution is 6.11. The van der Waals surface area contributed by atoms with Gasteiger partial charge in [0.2, 0.25) is 5.82 Å². The van der Waals surface area contributed by atoms with Gasteiger partial charge in [-0.15, -0.1) is 10.2 Å². The lowest BCUT2D eigenvalue weighted by Gasteiger charge is -2.10. The lowest BCUT2D eigenvalue weighted by atomic mass is 10.0. The van der Waals surface area contributed by atoms with E-state index in [1.54, 1.807) is 7.05 Å². The molecule has 7 rings (SSSR count). The Morgan fingerprint density at radius 3 is 1.62 bits per heavy atom. The van der Waals surface area contributed by atoms with E-state index >= 15 is 0 Å². The van der Waals surface area contributed by atoms with Crippen LogP contribution < -0.4 is 0 Å². The fourth-order valence-corrected chi connectivity index (χ4v) is 5.11. The van der Waals surface area contributed by atoms with Crippen LogP contribution in [0.15, 0.2) is 121 Å². The molecular formula is C32H23N5. The minimum atomic E-state index is 0.614. The van der Waals surface area contributed by atoms with E-state index in [1.165, 1.54) is 37.8 Å². The summed E-state index contributed by atoms with van der Waals surface area (Å²) in [4.78, 5) is 1.48. The standard InChI is InChI=1S/C32H23N5/c1-36-34-32(33-35-36)26-13-8-14-27(19-26)37-30-17-15-24(22-9-4-2-5-10-22)20-28(30)29-21-25(16-18-31(29)37)23-11-6-3-7-12-23/h2-21H,1H3. The average molecular weight is 478 g/mol. The maximum atomic E-state index is 4.40. The van der Waals surface area contributed by atoms with Gasteiger partial charge in [-0.2, -0.15) is 4.80 Å². The van der Waals surface area contributed by atoms with Gasteiger partial charge in [-0.05, 0) is 63.9 Å². The Bertz CT molecular complexity index is 1780. The number of tetrazole rings is 1. The van der Waals surface area contributed by atoms with Crippen molar-refractivity contribution in [2.75, 3.05) is 0 Å². The second-order valence-corrected chi connectivity index (χ2v) is 9.18. The summed E-state index contributed by atoms with van der Waals surface area (Å²) >= 11 is 0. The van der Waals surface area contributed by atoms with Gasteiger partial charge in [0.1, 0.15) is 0 Å². The predicted molar refractivity (Wildman–Crippen MR) is 149 cm³/mol. The molecule has 2 aromatic heterocycles. The van der Waals surface area contributed by atoms with Gasteiger partial charge in [0.25, 0.3) is 0 Å². The second-order valence-electron chi connectivity index (χ2n) is 9.18. The van der Waals surface area contributed by atoms with E-state index in [9.17, 15) is 0 Å². The average Bonchev–Trinajstić information content (AvgIpc) is 3.54. The van der Waals surface area contributed by atoms with Crippen molar-refractivity contribution in [3.8, 4) is 39.3 Å². The van der Waals surface area contributed by atoms with E-state index in [-0.39, 0.29) is 0 Å². The molecule has 0 unspecified atom stereocenters. The SMILES string of the molecule is Cn1nnc(-c2cccc(-n3c4ccc(-c5ccccc5)cc4c4cc(-c5ccccc5)ccc43)c2)n1. The van der Waals surface area contributed by atoms with Crippen molar-refractivity contribution in [2.24, 2.45) is 7.05 Å². The molecule has 5 aromatic carbocycles. The molecule has 0 bridgehead atoms. The van der Waals surface area contributed by atoms with Crippen LogP contribution in [0.25, 0.3) is 61.1 Å². The lowest BCUT2D eigenvalue weighted by molar-refractivity contribution is 0.630. The molecule has 7 aromatic rings. The van der Waals surface area contributed by atoms with Crippen LogP contribution in [0.5, 0.6) is 0 Å². The molecule has 0 aliphatic rings. The fraction of sp³-hybridized carbons (Fsp3) is 0.0312. The van der Waals surface area contributed by atoms with Crippen molar-refractivity contribution in [3.05, 3.63) is 121 Å². The number of fused-ring (bicyclic) bond motifs is 3. The summed E-state index contributed by atoms with van der Waals surface area (Å²) < 4.78 is 2.33. The summed E-state index contributed by atoms with van der Waals surface area (Å²) in [6.45, 7) is 0. The fourth-order valence-electron chi connectivity index (χ4n) is 5.11. The van der Waals surface area contributed by atoms with E-state index in [0.29, 0.717) is 5.82 Å². The van der Waals surface area contributed by atoms with Gasteiger partial charge in [0.05, 0.1) is 18.1 Å². The Labute approximate surface area is 214 Å². The zero-order chi connectivity index (χ0) is 24.8. The van der Waals surface area contributed by atoms with Crippen LogP contribution >= 0.6 is 0 Å². The summed E-state index contributed by atoms with van der Waals surface area (Å²) in [5, 5.41) is 15.1. The largest absolute Gasteiger partial charge is 0.309 e. The van der Waals surface area contributed by atoms with Crippen LogP contribution in [0, 0.1) is 0 Å². The van der Waals surface area contributed by atoms with Crippen LogP contribution in [0.2, 0.25) is 0 Å². The third kappa shape index (κ3) is 3.69. The molecule has 0 spiro atoms. The molecule has 5 heteroatoms. The molecule has 0 fully saturated rings. The van der Waals surface area contributed by atoms with E-state index in [0.717, 1.165) is 22.3 Å². The zero-order valence-corrected chi connectivity index (χ0v) is 20.3. The van der Waals surface area contributed by atoms with Gasteiger partial charge in [-0.25, -0.2) is 0 Å². The van der Waals surface area contributed by atoms with Crippen molar-refractivity contribution in [1.82, 2.24) is 24.8 Å². The highest BCUT2D eigenvalue weighted by atomic mass is 15.6. The number of benzene rings is 5. The Balaban J connectivity index is 1.49. The van der Waals surface area contributed by atoms with Gasteiger partial charge in [0, 0.05) is 22.0 Å². The maximum absolute atomic E-state index is 4.40. The number of hydrogen-bond donors (Lipinski definition) is 0. The summed E-state index contributed by atoms with van der Waals surface area (Å²) in [5.41, 5.74) is 9.13. The van der Waals surface area contributed by atoms with Crippen LogP contribution in [-0.4, -0.2) is 24.8 Å². The third-order valence-electron chi connectivity index (χ3n) is 6.85. The normalized spacial score (nSPS) is 11.4. The first kappa shape index (κ1) is 21.3. The van der Waals surface area contributed by atoms with Crippen molar-refractivity contribution in [2.45, 2.75) is 0 Å². The van der Waals surface area contributed by atoms with Gasteiger partial charge in [0.15, 0.2) is 0 Å². The summed E-state index contributed by atoms with van der Waals surface area (Å²) in [5.74, 6) is 0.614. The van der Waals surface area contributed by atoms with Crippen molar-refractivity contribution in [1.29, 1.82) is 0 Å². The Morgan fingerprint density at radius 1 is 0.514 bits per heavy atom. The molecule has 0 amide bonds. The van der Waals surface area contributed by atoms with E-state index in [2.05, 4.69) is 135 Å². The number of aromatic nitrogens is 5. The molecule has 0 aliphatic carbocycles. The Hall–Kier alpha value is -5.03. The zero-order valence-electron chi connectivity index (χ0n) is 20.3. The molecule has 0 aliphatic heterocycles. The van der Waals surface area contributed by atoms with Gasteiger partial charge >= 0.3 is 0 Å². The first-order chi connectivity index (χ1) is 18.2. The molecule has 176 valence electrons. The van der Waals surface area contributed by atoms with Crippen LogP contribution in [0.4, 0.5) is 0 Å². The lowest BCUT2D eigenvalue weighted by Crippen LogP contribution is -1.95. The number of rotatable bonds is 4. The smallest absolute Gasteiger partial charge is 0.204 e. The summed E-state index contributed by atoms with van der Waals surface area (Å²) in [7, 11) is 1.78. The van der Waals surface area contributed by atoms with E-state index in [4.69, 9.17) is 0 Å². The topological polar surface area (TPSA) is 48.5 Å². The van der Waals surface area contributed by atoms with Gasteiger partial charge in [-0.1, -0.05) is 84.9 Å². The first-order valence-corrected chi connectivity index (χ1v) is 12.3. The Kier molecular flexibility index (Phi) is 4.93. The first-order valence-electron chi connectivity index (χ1n) is 12.3. The van der Waals surface area contributed by atoms with E-state index in [1.807, 2.05) is 6.07 Å².